The lowest BCUT2D eigenvalue weighted by Crippen LogP contribution is -2.07. The van der Waals surface area contributed by atoms with Crippen LogP contribution < -0.4 is 10.6 Å². The van der Waals surface area contributed by atoms with Crippen molar-refractivity contribution < 1.29 is 4.74 Å². The Kier molecular flexibility index (Phi) is 5.95. The number of nitrogens with one attached hydrogen (secondary N) is 2. The molecule has 0 saturated carbocycles. The molecular weight excluding hydrogens is 332 g/mol. The van der Waals surface area contributed by atoms with Gasteiger partial charge >= 0.3 is 0 Å². The van der Waals surface area contributed by atoms with Crippen molar-refractivity contribution in [2.24, 2.45) is 0 Å². The van der Waals surface area contributed by atoms with Crippen LogP contribution in [-0.2, 0) is 4.74 Å². The highest BCUT2D eigenvalue weighted by Crippen LogP contribution is 2.22. The summed E-state index contributed by atoms with van der Waals surface area (Å²) in [5.41, 5.74) is 2.14. The molecule has 0 aliphatic heterocycles. The summed E-state index contributed by atoms with van der Waals surface area (Å²) < 4.78 is 6.07. The number of methoxy groups -OCH3 is 1. The summed E-state index contributed by atoms with van der Waals surface area (Å²) in [5.74, 6) is 1.37. The number of halogens is 1. The molecule has 0 radical (unpaired) electrons. The molecule has 0 spiro atoms. The van der Waals surface area contributed by atoms with Gasteiger partial charge in [-0.2, -0.15) is 4.98 Å². The molecule has 0 saturated heterocycles. The SMILES string of the molecule is COCCCNc1ccnc(Nc2ccc(C)c(Br)c2)n1. The highest BCUT2D eigenvalue weighted by Gasteiger charge is 2.02. The number of nitrogens with zero attached hydrogens (tertiary/aromatic N) is 2. The molecule has 5 nitrogen and oxygen atoms in total. The van der Waals surface area contributed by atoms with E-state index in [1.165, 1.54) is 5.56 Å². The summed E-state index contributed by atoms with van der Waals surface area (Å²) >= 11 is 3.52. The molecule has 1 aromatic heterocycles. The van der Waals surface area contributed by atoms with Crippen molar-refractivity contribution in [2.75, 3.05) is 30.9 Å². The molecule has 0 bridgehead atoms. The monoisotopic (exact) mass is 350 g/mol. The molecule has 6 heteroatoms. The molecule has 21 heavy (non-hydrogen) atoms. The van der Waals surface area contributed by atoms with E-state index in [2.05, 4.69) is 43.5 Å². The normalized spacial score (nSPS) is 10.4. The second-order valence-corrected chi connectivity index (χ2v) is 5.48. The van der Waals surface area contributed by atoms with E-state index >= 15 is 0 Å². The average Bonchev–Trinajstić information content (AvgIpc) is 2.48. The lowest BCUT2D eigenvalue weighted by atomic mass is 10.2. The van der Waals surface area contributed by atoms with E-state index in [0.717, 1.165) is 35.6 Å². The van der Waals surface area contributed by atoms with Crippen LogP contribution in [-0.4, -0.2) is 30.2 Å². The summed E-state index contributed by atoms with van der Waals surface area (Å²) in [6.45, 7) is 3.61. The van der Waals surface area contributed by atoms with Crippen LogP contribution in [0.25, 0.3) is 0 Å². The van der Waals surface area contributed by atoms with E-state index in [1.54, 1.807) is 13.3 Å². The Hall–Kier alpha value is -1.66. The van der Waals surface area contributed by atoms with Crippen molar-refractivity contribution >= 4 is 33.4 Å². The topological polar surface area (TPSA) is 59.1 Å². The number of anilines is 3. The minimum absolute atomic E-state index is 0.572. The highest BCUT2D eigenvalue weighted by molar-refractivity contribution is 9.10. The smallest absolute Gasteiger partial charge is 0.229 e. The zero-order valence-corrected chi connectivity index (χ0v) is 13.8. The highest BCUT2D eigenvalue weighted by atomic mass is 79.9. The van der Waals surface area contributed by atoms with E-state index in [0.29, 0.717) is 5.95 Å². The van der Waals surface area contributed by atoms with Crippen LogP contribution in [0.5, 0.6) is 0 Å². The van der Waals surface area contributed by atoms with Crippen LogP contribution in [0.1, 0.15) is 12.0 Å². The average molecular weight is 351 g/mol. The van der Waals surface area contributed by atoms with Crippen molar-refractivity contribution in [3.8, 4) is 0 Å². The standard InChI is InChI=1S/C15H19BrN4O/c1-11-4-5-12(10-13(11)16)19-15-18-8-6-14(20-15)17-7-3-9-21-2/h4-6,8,10H,3,7,9H2,1-2H3,(H2,17,18,19,20). The fourth-order valence-corrected chi connectivity index (χ4v) is 2.13. The lowest BCUT2D eigenvalue weighted by molar-refractivity contribution is 0.198. The molecule has 1 aromatic carbocycles. The van der Waals surface area contributed by atoms with Crippen molar-refractivity contribution in [3.63, 3.8) is 0 Å². The Balaban J connectivity index is 1.98. The van der Waals surface area contributed by atoms with Gasteiger partial charge in [0.25, 0.3) is 0 Å². The van der Waals surface area contributed by atoms with Gasteiger partial charge in [0.15, 0.2) is 0 Å². The maximum Gasteiger partial charge on any atom is 0.229 e. The Bertz CT molecular complexity index is 592. The van der Waals surface area contributed by atoms with Crippen LogP contribution in [0.15, 0.2) is 34.9 Å². The van der Waals surface area contributed by atoms with Gasteiger partial charge in [-0.25, -0.2) is 4.98 Å². The van der Waals surface area contributed by atoms with Gasteiger partial charge in [0.1, 0.15) is 5.82 Å². The predicted octanol–water partition coefficient (Wildman–Crippen LogP) is 3.74. The molecule has 0 fully saturated rings. The number of aromatic nitrogens is 2. The third-order valence-electron chi connectivity index (χ3n) is 2.91. The lowest BCUT2D eigenvalue weighted by Gasteiger charge is -2.09. The first kappa shape index (κ1) is 15.7. The van der Waals surface area contributed by atoms with Gasteiger partial charge in [-0.3, -0.25) is 0 Å². The summed E-state index contributed by atoms with van der Waals surface area (Å²) in [6.07, 6.45) is 2.67. The van der Waals surface area contributed by atoms with Crippen LogP contribution in [0, 0.1) is 6.92 Å². The zero-order chi connectivity index (χ0) is 15.1. The first-order valence-corrected chi connectivity index (χ1v) is 7.57. The second-order valence-electron chi connectivity index (χ2n) is 4.63. The third kappa shape index (κ3) is 4.99. The van der Waals surface area contributed by atoms with Gasteiger partial charge in [-0.15, -0.1) is 0 Å². The molecule has 2 rings (SSSR count). The summed E-state index contributed by atoms with van der Waals surface area (Å²) in [5, 5.41) is 6.44. The van der Waals surface area contributed by atoms with Crippen LogP contribution in [0.3, 0.4) is 0 Å². The first-order valence-electron chi connectivity index (χ1n) is 6.78. The molecule has 0 atom stereocenters. The van der Waals surface area contributed by atoms with Crippen molar-refractivity contribution in [2.45, 2.75) is 13.3 Å². The summed E-state index contributed by atoms with van der Waals surface area (Å²) in [7, 11) is 1.70. The molecule has 112 valence electrons. The van der Waals surface area contributed by atoms with E-state index < -0.39 is 0 Å². The van der Waals surface area contributed by atoms with Gasteiger partial charge in [0.05, 0.1) is 0 Å². The van der Waals surface area contributed by atoms with Gasteiger partial charge in [0.2, 0.25) is 5.95 Å². The van der Waals surface area contributed by atoms with Gasteiger partial charge in [-0.1, -0.05) is 22.0 Å². The number of rotatable bonds is 7. The fourth-order valence-electron chi connectivity index (χ4n) is 1.75. The van der Waals surface area contributed by atoms with Crippen molar-refractivity contribution in [3.05, 3.63) is 40.5 Å². The van der Waals surface area contributed by atoms with Crippen molar-refractivity contribution in [1.82, 2.24) is 9.97 Å². The van der Waals surface area contributed by atoms with E-state index in [-0.39, 0.29) is 0 Å². The number of hydrogen-bond donors (Lipinski definition) is 2. The Morgan fingerprint density at radius 3 is 2.90 bits per heavy atom. The Labute approximate surface area is 133 Å². The quantitative estimate of drug-likeness (QED) is 0.745. The number of aryl methyl sites for hydroxylation is 1. The van der Waals surface area contributed by atoms with E-state index in [1.807, 2.05) is 24.3 Å². The largest absolute Gasteiger partial charge is 0.385 e. The fraction of sp³-hybridized carbons (Fsp3) is 0.333. The van der Waals surface area contributed by atoms with Crippen LogP contribution >= 0.6 is 15.9 Å². The second kappa shape index (κ2) is 7.95. The molecule has 0 aliphatic carbocycles. The van der Waals surface area contributed by atoms with E-state index in [4.69, 9.17) is 4.74 Å². The molecule has 0 amide bonds. The maximum atomic E-state index is 5.01. The molecule has 2 N–H and O–H groups in total. The van der Waals surface area contributed by atoms with Gasteiger partial charge in [0, 0.05) is 36.6 Å². The van der Waals surface area contributed by atoms with Crippen LogP contribution in [0.4, 0.5) is 17.5 Å². The summed E-state index contributed by atoms with van der Waals surface area (Å²) in [6, 6.07) is 7.90. The van der Waals surface area contributed by atoms with Crippen LogP contribution in [0.2, 0.25) is 0 Å². The molecule has 0 unspecified atom stereocenters. The minimum atomic E-state index is 0.572. The maximum absolute atomic E-state index is 5.01. The molecule has 0 aliphatic rings. The van der Waals surface area contributed by atoms with Gasteiger partial charge < -0.3 is 15.4 Å². The van der Waals surface area contributed by atoms with Gasteiger partial charge in [-0.05, 0) is 37.1 Å². The first-order chi connectivity index (χ1) is 10.2. The Morgan fingerprint density at radius 1 is 1.29 bits per heavy atom. The third-order valence-corrected chi connectivity index (χ3v) is 3.77. The zero-order valence-electron chi connectivity index (χ0n) is 12.2. The molecule has 2 aromatic rings. The Morgan fingerprint density at radius 2 is 2.14 bits per heavy atom. The van der Waals surface area contributed by atoms with Crippen molar-refractivity contribution in [1.29, 1.82) is 0 Å². The van der Waals surface area contributed by atoms with E-state index in [9.17, 15) is 0 Å². The molecular formula is C15H19BrN4O. The predicted molar refractivity (Wildman–Crippen MR) is 89.2 cm³/mol. The number of benzene rings is 1. The summed E-state index contributed by atoms with van der Waals surface area (Å²) in [4.78, 5) is 8.66. The minimum Gasteiger partial charge on any atom is -0.385 e. The number of hydrogen-bond acceptors (Lipinski definition) is 5. The number of ether oxygens (including phenoxy) is 1. The molecule has 1 heterocycles.